The summed E-state index contributed by atoms with van der Waals surface area (Å²) in [6.07, 6.45) is -1.69. The van der Waals surface area contributed by atoms with Gasteiger partial charge < -0.3 is 0 Å². The summed E-state index contributed by atoms with van der Waals surface area (Å²) in [5.74, 6) is 0. The summed E-state index contributed by atoms with van der Waals surface area (Å²) < 4.78 is 38.1. The minimum absolute atomic E-state index is 0.188. The fourth-order valence-electron chi connectivity index (χ4n) is 1.04. The van der Waals surface area contributed by atoms with Crippen molar-refractivity contribution in [2.45, 2.75) is 32.0 Å². The Kier molecular flexibility index (Phi) is 2.18. The van der Waals surface area contributed by atoms with Gasteiger partial charge in [0.2, 0.25) is 0 Å². The highest BCUT2D eigenvalue weighted by molar-refractivity contribution is 4.84. The minimum atomic E-state index is -4.47. The molecule has 0 N–H and O–H groups in total. The molecule has 0 aliphatic heterocycles. The molecule has 0 bridgehead atoms. The van der Waals surface area contributed by atoms with E-state index in [1.807, 2.05) is 0 Å². The summed E-state index contributed by atoms with van der Waals surface area (Å²) in [6.45, 7) is 0. The van der Waals surface area contributed by atoms with Crippen LogP contribution < -0.4 is 0 Å². The van der Waals surface area contributed by atoms with Crippen LogP contribution in [0.2, 0.25) is 0 Å². The third-order valence-corrected chi connectivity index (χ3v) is 1.42. The van der Waals surface area contributed by atoms with Crippen molar-refractivity contribution in [3.63, 3.8) is 0 Å². The van der Waals surface area contributed by atoms with E-state index in [1.165, 1.54) is 0 Å². The van der Waals surface area contributed by atoms with Crippen molar-refractivity contribution in [1.29, 1.82) is 0 Å². The average Bonchev–Trinajstić information content (AvgIpc) is 2.12. The number of hydrogen-bond acceptors (Lipinski definition) is 1. The first kappa shape index (κ1) is 7.85. The van der Waals surface area contributed by atoms with Gasteiger partial charge in [0, 0.05) is 0 Å². The molecule has 0 aromatic carbocycles. The van der Waals surface area contributed by atoms with Crippen LogP contribution in [-0.2, 0) is 4.74 Å². The van der Waals surface area contributed by atoms with Gasteiger partial charge in [-0.25, -0.2) is 0 Å². The van der Waals surface area contributed by atoms with E-state index in [4.69, 9.17) is 0 Å². The van der Waals surface area contributed by atoms with E-state index in [0.717, 1.165) is 12.8 Å². The Balaban J connectivity index is 2.24. The Hall–Kier alpha value is -0.250. The highest BCUT2D eigenvalue weighted by Crippen LogP contribution is 2.33. The molecule has 0 heterocycles. The largest absolute Gasteiger partial charge is 0.523 e. The normalized spacial score (nSPS) is 21.9. The Bertz CT molecular complexity index is 104. The number of halogens is 3. The van der Waals surface area contributed by atoms with Gasteiger partial charge in [0.15, 0.2) is 0 Å². The quantitative estimate of drug-likeness (QED) is 0.562. The molecule has 0 spiro atoms. The number of hydrogen-bond donors (Lipinski definition) is 0. The SMILES string of the molecule is FC(F)(F)O[C]1CCCC1. The third kappa shape index (κ3) is 2.56. The number of ether oxygens (including phenoxy) is 1. The maximum Gasteiger partial charge on any atom is 0.523 e. The first-order chi connectivity index (χ1) is 4.58. The van der Waals surface area contributed by atoms with Gasteiger partial charge in [-0.2, -0.15) is 0 Å². The van der Waals surface area contributed by atoms with Crippen LogP contribution in [-0.4, -0.2) is 6.36 Å². The first-order valence-corrected chi connectivity index (χ1v) is 3.18. The summed E-state index contributed by atoms with van der Waals surface area (Å²) >= 11 is 0. The van der Waals surface area contributed by atoms with Gasteiger partial charge >= 0.3 is 6.36 Å². The summed E-state index contributed by atoms with van der Waals surface area (Å²) in [4.78, 5) is 0. The molecule has 1 fully saturated rings. The van der Waals surface area contributed by atoms with Crippen molar-refractivity contribution in [2.24, 2.45) is 0 Å². The second-order valence-electron chi connectivity index (χ2n) is 2.29. The van der Waals surface area contributed by atoms with Crippen LogP contribution in [0.3, 0.4) is 0 Å². The molecule has 1 aliphatic rings. The second kappa shape index (κ2) is 2.78. The minimum Gasteiger partial charge on any atom is -0.282 e. The molecule has 0 atom stereocenters. The smallest absolute Gasteiger partial charge is 0.282 e. The van der Waals surface area contributed by atoms with E-state index in [-0.39, 0.29) is 6.10 Å². The molecule has 0 unspecified atom stereocenters. The maximum absolute atomic E-state index is 11.5. The Morgan fingerprint density at radius 2 is 1.60 bits per heavy atom. The molecule has 0 saturated heterocycles. The maximum atomic E-state index is 11.5. The van der Waals surface area contributed by atoms with Crippen LogP contribution in [0.5, 0.6) is 0 Å². The van der Waals surface area contributed by atoms with Crippen molar-refractivity contribution in [3.05, 3.63) is 6.10 Å². The van der Waals surface area contributed by atoms with Crippen molar-refractivity contribution >= 4 is 0 Å². The van der Waals surface area contributed by atoms with Crippen molar-refractivity contribution < 1.29 is 17.9 Å². The van der Waals surface area contributed by atoms with Gasteiger partial charge in [0.1, 0.15) is 6.10 Å². The lowest BCUT2D eigenvalue weighted by atomic mass is 10.3. The van der Waals surface area contributed by atoms with E-state index >= 15 is 0 Å². The molecule has 0 amide bonds. The monoisotopic (exact) mass is 153 g/mol. The van der Waals surface area contributed by atoms with Crippen LogP contribution >= 0.6 is 0 Å². The van der Waals surface area contributed by atoms with Crippen LogP contribution in [0.4, 0.5) is 13.2 Å². The number of alkyl halides is 3. The molecular weight excluding hydrogens is 145 g/mol. The lowest BCUT2D eigenvalue weighted by Gasteiger charge is -2.11. The number of rotatable bonds is 1. The van der Waals surface area contributed by atoms with Crippen LogP contribution in [0.15, 0.2) is 0 Å². The zero-order chi connectivity index (χ0) is 7.61. The lowest BCUT2D eigenvalue weighted by molar-refractivity contribution is -0.320. The summed E-state index contributed by atoms with van der Waals surface area (Å²) in [5.41, 5.74) is 0. The molecule has 1 saturated carbocycles. The molecule has 1 rings (SSSR count). The summed E-state index contributed by atoms with van der Waals surface area (Å²) in [6, 6.07) is 0. The van der Waals surface area contributed by atoms with Crippen molar-refractivity contribution in [2.75, 3.05) is 0 Å². The van der Waals surface area contributed by atoms with Crippen LogP contribution in [0.25, 0.3) is 0 Å². The highest BCUT2D eigenvalue weighted by atomic mass is 19.4. The fourth-order valence-corrected chi connectivity index (χ4v) is 1.04. The predicted octanol–water partition coefficient (Wildman–Crippen LogP) is 2.63. The third-order valence-electron chi connectivity index (χ3n) is 1.42. The molecule has 1 nitrogen and oxygen atoms in total. The van der Waals surface area contributed by atoms with Gasteiger partial charge in [0.05, 0.1) is 0 Å². The molecular formula is C6H8F3O. The topological polar surface area (TPSA) is 9.23 Å². The van der Waals surface area contributed by atoms with Gasteiger partial charge in [0.25, 0.3) is 0 Å². The predicted molar refractivity (Wildman–Crippen MR) is 28.9 cm³/mol. The summed E-state index contributed by atoms with van der Waals surface area (Å²) in [5, 5.41) is 0. The van der Waals surface area contributed by atoms with Gasteiger partial charge in [-0.3, -0.25) is 4.74 Å². The molecule has 4 heteroatoms. The molecule has 0 aromatic rings. The molecule has 1 radical (unpaired) electrons. The first-order valence-electron chi connectivity index (χ1n) is 3.18. The standard InChI is InChI=1S/C6H8F3O/c7-6(8,9)10-5-3-1-2-4-5/h1-4H2. The van der Waals surface area contributed by atoms with Gasteiger partial charge in [-0.15, -0.1) is 13.2 Å². The zero-order valence-corrected chi connectivity index (χ0v) is 5.37. The molecule has 10 heavy (non-hydrogen) atoms. The fraction of sp³-hybridized carbons (Fsp3) is 0.833. The van der Waals surface area contributed by atoms with E-state index < -0.39 is 6.36 Å². The van der Waals surface area contributed by atoms with E-state index in [0.29, 0.717) is 12.8 Å². The Morgan fingerprint density at radius 1 is 1.10 bits per heavy atom. The lowest BCUT2D eigenvalue weighted by Crippen LogP contribution is -2.15. The van der Waals surface area contributed by atoms with Gasteiger partial charge in [-0.1, -0.05) is 12.8 Å². The van der Waals surface area contributed by atoms with E-state index in [1.54, 1.807) is 0 Å². The van der Waals surface area contributed by atoms with E-state index in [2.05, 4.69) is 4.74 Å². The van der Waals surface area contributed by atoms with Crippen LogP contribution in [0, 0.1) is 6.10 Å². The Morgan fingerprint density at radius 3 is 2.00 bits per heavy atom. The zero-order valence-electron chi connectivity index (χ0n) is 5.37. The van der Waals surface area contributed by atoms with E-state index in [9.17, 15) is 13.2 Å². The van der Waals surface area contributed by atoms with Crippen molar-refractivity contribution in [3.8, 4) is 0 Å². The summed E-state index contributed by atoms with van der Waals surface area (Å²) in [7, 11) is 0. The van der Waals surface area contributed by atoms with Crippen molar-refractivity contribution in [1.82, 2.24) is 0 Å². The Labute approximate surface area is 57.2 Å². The average molecular weight is 153 g/mol. The van der Waals surface area contributed by atoms with Crippen LogP contribution in [0.1, 0.15) is 25.7 Å². The highest BCUT2D eigenvalue weighted by Gasteiger charge is 2.35. The second-order valence-corrected chi connectivity index (χ2v) is 2.29. The molecule has 1 aliphatic carbocycles. The van der Waals surface area contributed by atoms with Gasteiger partial charge in [-0.05, 0) is 12.8 Å². The molecule has 0 aromatic heterocycles. The molecule has 59 valence electrons.